The molecule has 2 aromatic rings. The lowest BCUT2D eigenvalue weighted by molar-refractivity contribution is -0.127. The molecule has 0 unspecified atom stereocenters. The highest BCUT2D eigenvalue weighted by Crippen LogP contribution is 2.20. The fraction of sp³-hybridized carbons (Fsp3) is 0.400. The molecule has 116 valence electrons. The lowest BCUT2D eigenvalue weighted by Gasteiger charge is -2.14. The molecule has 1 amide bonds. The van der Waals surface area contributed by atoms with Crippen molar-refractivity contribution in [3.8, 4) is 11.4 Å². The van der Waals surface area contributed by atoms with Crippen molar-refractivity contribution in [1.82, 2.24) is 15.0 Å². The standard InChI is InChI=1S/C15H17FN4O2/c16-12-6-2-1-5-11(12)14-18-15(22-19-14)17-8-4-10-20-9-3-7-13(20)21/h1-2,5-6H,3-4,7-10H2,(H,17,18,19). The Morgan fingerprint density at radius 1 is 1.36 bits per heavy atom. The van der Waals surface area contributed by atoms with Crippen molar-refractivity contribution in [2.45, 2.75) is 19.3 Å². The van der Waals surface area contributed by atoms with Gasteiger partial charge in [-0.1, -0.05) is 17.3 Å². The van der Waals surface area contributed by atoms with Crippen molar-refractivity contribution in [1.29, 1.82) is 0 Å². The van der Waals surface area contributed by atoms with Crippen LogP contribution in [0.25, 0.3) is 11.4 Å². The number of anilines is 1. The van der Waals surface area contributed by atoms with Crippen molar-refractivity contribution >= 4 is 11.9 Å². The van der Waals surface area contributed by atoms with Gasteiger partial charge in [0, 0.05) is 26.1 Å². The number of benzene rings is 1. The van der Waals surface area contributed by atoms with E-state index < -0.39 is 0 Å². The third kappa shape index (κ3) is 3.24. The number of carbonyl (C=O) groups excluding carboxylic acids is 1. The third-order valence-electron chi connectivity index (χ3n) is 3.59. The monoisotopic (exact) mass is 304 g/mol. The zero-order valence-corrected chi connectivity index (χ0v) is 12.1. The van der Waals surface area contributed by atoms with Crippen LogP contribution in [0.3, 0.4) is 0 Å². The average Bonchev–Trinajstić information content (AvgIpc) is 3.14. The molecule has 1 aromatic carbocycles. The van der Waals surface area contributed by atoms with Crippen molar-refractivity contribution in [3.05, 3.63) is 30.1 Å². The molecule has 0 radical (unpaired) electrons. The van der Waals surface area contributed by atoms with Crippen LogP contribution in [0.2, 0.25) is 0 Å². The molecule has 22 heavy (non-hydrogen) atoms. The molecule has 3 rings (SSSR count). The van der Waals surface area contributed by atoms with Gasteiger partial charge < -0.3 is 14.7 Å². The average molecular weight is 304 g/mol. The largest absolute Gasteiger partial charge is 0.343 e. The highest BCUT2D eigenvalue weighted by molar-refractivity contribution is 5.78. The summed E-state index contributed by atoms with van der Waals surface area (Å²) < 4.78 is 18.7. The molecule has 2 heterocycles. The van der Waals surface area contributed by atoms with E-state index in [-0.39, 0.29) is 23.6 Å². The normalized spacial score (nSPS) is 14.6. The van der Waals surface area contributed by atoms with Gasteiger partial charge in [0.05, 0.1) is 5.56 Å². The van der Waals surface area contributed by atoms with Gasteiger partial charge in [-0.25, -0.2) is 4.39 Å². The van der Waals surface area contributed by atoms with E-state index in [0.29, 0.717) is 18.5 Å². The summed E-state index contributed by atoms with van der Waals surface area (Å²) in [6.45, 7) is 2.18. The first-order valence-corrected chi connectivity index (χ1v) is 7.34. The van der Waals surface area contributed by atoms with Gasteiger partial charge in [0.25, 0.3) is 0 Å². The van der Waals surface area contributed by atoms with Gasteiger partial charge in [-0.2, -0.15) is 4.98 Å². The minimum atomic E-state index is -0.387. The topological polar surface area (TPSA) is 71.3 Å². The fourth-order valence-electron chi connectivity index (χ4n) is 2.45. The van der Waals surface area contributed by atoms with Gasteiger partial charge in [-0.3, -0.25) is 4.79 Å². The molecule has 1 aliphatic heterocycles. The molecule has 7 heteroatoms. The highest BCUT2D eigenvalue weighted by atomic mass is 19.1. The first-order valence-electron chi connectivity index (χ1n) is 7.34. The summed E-state index contributed by atoms with van der Waals surface area (Å²) in [5.74, 6) is 0.0531. The van der Waals surface area contributed by atoms with Crippen LogP contribution >= 0.6 is 0 Å². The van der Waals surface area contributed by atoms with Crippen LogP contribution in [0.5, 0.6) is 0 Å². The number of likely N-dealkylation sites (tertiary alicyclic amines) is 1. The number of halogens is 1. The van der Waals surface area contributed by atoms with Gasteiger partial charge in [-0.15, -0.1) is 0 Å². The zero-order valence-electron chi connectivity index (χ0n) is 12.1. The number of amides is 1. The van der Waals surface area contributed by atoms with E-state index in [9.17, 15) is 9.18 Å². The van der Waals surface area contributed by atoms with E-state index in [4.69, 9.17) is 4.52 Å². The lowest BCUT2D eigenvalue weighted by Crippen LogP contribution is -2.26. The van der Waals surface area contributed by atoms with Crippen LogP contribution in [0.15, 0.2) is 28.8 Å². The number of hydrogen-bond donors (Lipinski definition) is 1. The first kappa shape index (κ1) is 14.5. The highest BCUT2D eigenvalue weighted by Gasteiger charge is 2.19. The van der Waals surface area contributed by atoms with Crippen LogP contribution < -0.4 is 5.32 Å². The van der Waals surface area contributed by atoms with Crippen LogP contribution in [-0.4, -0.2) is 40.6 Å². The van der Waals surface area contributed by atoms with Gasteiger partial charge in [0.2, 0.25) is 11.7 Å². The quantitative estimate of drug-likeness (QED) is 0.829. The summed E-state index contributed by atoms with van der Waals surface area (Å²) in [6, 6.07) is 6.53. The lowest BCUT2D eigenvalue weighted by atomic mass is 10.2. The summed E-state index contributed by atoms with van der Waals surface area (Å²) in [4.78, 5) is 17.4. The summed E-state index contributed by atoms with van der Waals surface area (Å²) >= 11 is 0. The number of nitrogens with zero attached hydrogens (tertiary/aromatic N) is 3. The molecule has 0 bridgehead atoms. The van der Waals surface area contributed by atoms with Gasteiger partial charge in [0.15, 0.2) is 0 Å². The Kier molecular flexibility index (Phi) is 4.32. The Bertz CT molecular complexity index is 658. The minimum absolute atomic E-state index is 0.218. The van der Waals surface area contributed by atoms with E-state index in [1.807, 2.05) is 4.90 Å². The van der Waals surface area contributed by atoms with E-state index >= 15 is 0 Å². The Morgan fingerprint density at radius 3 is 3.00 bits per heavy atom. The Balaban J connectivity index is 1.50. The van der Waals surface area contributed by atoms with Crippen LogP contribution in [0.1, 0.15) is 19.3 Å². The van der Waals surface area contributed by atoms with Crippen molar-refractivity contribution < 1.29 is 13.7 Å². The number of aromatic nitrogens is 2. The van der Waals surface area contributed by atoms with Gasteiger partial charge in [-0.05, 0) is 25.0 Å². The molecule has 1 fully saturated rings. The number of carbonyl (C=O) groups is 1. The predicted molar refractivity (Wildman–Crippen MR) is 78.6 cm³/mol. The smallest absolute Gasteiger partial charge is 0.321 e. The van der Waals surface area contributed by atoms with E-state index in [1.165, 1.54) is 6.07 Å². The van der Waals surface area contributed by atoms with Crippen LogP contribution in [0.4, 0.5) is 10.4 Å². The second kappa shape index (κ2) is 6.55. The summed E-state index contributed by atoms with van der Waals surface area (Å²) in [5.41, 5.74) is 0.307. The van der Waals surface area contributed by atoms with Crippen molar-refractivity contribution in [2.75, 3.05) is 25.0 Å². The first-order chi connectivity index (χ1) is 10.7. The number of nitrogens with one attached hydrogen (secondary N) is 1. The van der Waals surface area contributed by atoms with E-state index in [0.717, 1.165) is 25.9 Å². The number of rotatable bonds is 6. The second-order valence-electron chi connectivity index (χ2n) is 5.17. The van der Waals surface area contributed by atoms with Gasteiger partial charge >= 0.3 is 6.01 Å². The fourth-order valence-corrected chi connectivity index (χ4v) is 2.45. The maximum atomic E-state index is 13.6. The Hall–Kier alpha value is -2.44. The van der Waals surface area contributed by atoms with Crippen molar-refractivity contribution in [2.24, 2.45) is 0 Å². The molecule has 1 saturated heterocycles. The predicted octanol–water partition coefficient (Wildman–Crippen LogP) is 2.30. The summed E-state index contributed by atoms with van der Waals surface area (Å²) in [6.07, 6.45) is 2.40. The molecule has 1 aromatic heterocycles. The zero-order chi connectivity index (χ0) is 15.4. The molecule has 0 atom stereocenters. The Labute approximate surface area is 127 Å². The van der Waals surface area contributed by atoms with Crippen LogP contribution in [0, 0.1) is 5.82 Å². The molecule has 0 aliphatic carbocycles. The van der Waals surface area contributed by atoms with Crippen LogP contribution in [-0.2, 0) is 4.79 Å². The SMILES string of the molecule is O=C1CCCN1CCCNc1nc(-c2ccccc2F)no1. The minimum Gasteiger partial charge on any atom is -0.343 e. The second-order valence-corrected chi connectivity index (χ2v) is 5.17. The Morgan fingerprint density at radius 2 is 2.23 bits per heavy atom. The maximum absolute atomic E-state index is 13.6. The molecular formula is C15H17FN4O2. The third-order valence-corrected chi connectivity index (χ3v) is 3.59. The van der Waals surface area contributed by atoms with Crippen molar-refractivity contribution in [3.63, 3.8) is 0 Å². The van der Waals surface area contributed by atoms with Gasteiger partial charge in [0.1, 0.15) is 5.82 Å². The molecular weight excluding hydrogens is 287 g/mol. The molecule has 0 saturated carbocycles. The molecule has 6 nitrogen and oxygen atoms in total. The van der Waals surface area contributed by atoms with E-state index in [1.54, 1.807) is 18.2 Å². The molecule has 0 spiro atoms. The maximum Gasteiger partial charge on any atom is 0.321 e. The summed E-state index contributed by atoms with van der Waals surface area (Å²) in [7, 11) is 0. The van der Waals surface area contributed by atoms with E-state index in [2.05, 4.69) is 15.5 Å². The number of hydrogen-bond acceptors (Lipinski definition) is 5. The molecule has 1 aliphatic rings. The molecule has 1 N–H and O–H groups in total. The summed E-state index contributed by atoms with van der Waals surface area (Å²) in [5, 5.41) is 6.75.